The van der Waals surface area contributed by atoms with Gasteiger partial charge in [0.15, 0.2) is 5.69 Å². The van der Waals surface area contributed by atoms with E-state index in [0.717, 1.165) is 41.8 Å². The minimum atomic E-state index is 0.0145. The lowest BCUT2D eigenvalue weighted by Gasteiger charge is -2.19. The van der Waals surface area contributed by atoms with Gasteiger partial charge < -0.3 is 9.30 Å². The Labute approximate surface area is 163 Å². The third kappa shape index (κ3) is 2.78. The number of hydrogen-bond donors (Lipinski definition) is 0. The third-order valence-corrected chi connectivity index (χ3v) is 5.48. The van der Waals surface area contributed by atoms with Crippen molar-refractivity contribution in [2.75, 3.05) is 6.54 Å². The van der Waals surface area contributed by atoms with Crippen molar-refractivity contribution >= 4 is 11.4 Å². The molecule has 0 bridgehead atoms. The average molecular weight is 371 g/mol. The molecule has 1 amide bonds. The van der Waals surface area contributed by atoms with E-state index < -0.39 is 0 Å². The summed E-state index contributed by atoms with van der Waals surface area (Å²) in [6.07, 6.45) is 9.68. The molecule has 5 rings (SSSR count). The van der Waals surface area contributed by atoms with Gasteiger partial charge in [0.1, 0.15) is 5.82 Å². The zero-order valence-corrected chi connectivity index (χ0v) is 15.7. The predicted molar refractivity (Wildman–Crippen MR) is 107 cm³/mol. The lowest BCUT2D eigenvalue weighted by molar-refractivity contribution is 0.0741. The molecule has 1 aliphatic rings. The van der Waals surface area contributed by atoms with Gasteiger partial charge in [0.05, 0.1) is 0 Å². The summed E-state index contributed by atoms with van der Waals surface area (Å²) >= 11 is 0. The first kappa shape index (κ1) is 16.7. The van der Waals surface area contributed by atoms with E-state index in [1.54, 1.807) is 16.9 Å². The van der Waals surface area contributed by atoms with Gasteiger partial charge in [-0.15, -0.1) is 0 Å². The monoisotopic (exact) mass is 371 g/mol. The highest BCUT2D eigenvalue weighted by Gasteiger charge is 2.27. The molecule has 4 aromatic heterocycles. The van der Waals surface area contributed by atoms with E-state index in [4.69, 9.17) is 0 Å². The number of carbonyl (C=O) groups is 1. The van der Waals surface area contributed by atoms with Crippen LogP contribution in [0.25, 0.3) is 22.5 Å². The fourth-order valence-corrected chi connectivity index (χ4v) is 3.93. The van der Waals surface area contributed by atoms with Gasteiger partial charge in [0.2, 0.25) is 0 Å². The van der Waals surface area contributed by atoms with Crippen molar-refractivity contribution in [1.82, 2.24) is 24.1 Å². The summed E-state index contributed by atoms with van der Waals surface area (Å²) in [5.41, 5.74) is 3.70. The van der Waals surface area contributed by atoms with E-state index >= 15 is 0 Å². The van der Waals surface area contributed by atoms with Gasteiger partial charge in [0, 0.05) is 48.5 Å². The Balaban J connectivity index is 1.51. The highest BCUT2D eigenvalue weighted by Crippen LogP contribution is 2.23. The molecule has 5 heterocycles. The van der Waals surface area contributed by atoms with Crippen LogP contribution in [0.15, 0.2) is 67.3 Å². The maximum absolute atomic E-state index is 12.8. The van der Waals surface area contributed by atoms with E-state index in [1.165, 1.54) is 0 Å². The number of aromatic nitrogens is 4. The molecule has 1 saturated heterocycles. The number of fused-ring (bicyclic) bond motifs is 1. The van der Waals surface area contributed by atoms with Crippen LogP contribution < -0.4 is 0 Å². The van der Waals surface area contributed by atoms with Crippen LogP contribution in [0.4, 0.5) is 0 Å². The Kier molecular flexibility index (Phi) is 3.97. The first-order chi connectivity index (χ1) is 13.7. The van der Waals surface area contributed by atoms with Gasteiger partial charge in [-0.25, -0.2) is 4.68 Å². The van der Waals surface area contributed by atoms with Crippen molar-refractivity contribution in [3.8, 4) is 16.9 Å². The fraction of sp³-hybridized carbons (Fsp3) is 0.227. The fourth-order valence-electron chi connectivity index (χ4n) is 3.93. The van der Waals surface area contributed by atoms with E-state index in [2.05, 4.69) is 39.7 Å². The Morgan fingerprint density at radius 1 is 1.11 bits per heavy atom. The lowest BCUT2D eigenvalue weighted by atomic mass is 10.1. The number of carbonyl (C=O) groups excluding carboxylic acids is 1. The Bertz CT molecular complexity index is 1140. The SMILES string of the molecule is CC1CCCN1C(=O)c1ccn(-c2ccc3ccc(-c4cccnc4)cn23)n1. The van der Waals surface area contributed by atoms with Gasteiger partial charge in [-0.05, 0) is 55.7 Å². The first-order valence-corrected chi connectivity index (χ1v) is 9.59. The predicted octanol–water partition coefficient (Wildman–Crippen LogP) is 3.81. The summed E-state index contributed by atoms with van der Waals surface area (Å²) in [6.45, 7) is 2.91. The van der Waals surface area contributed by atoms with Crippen LogP contribution >= 0.6 is 0 Å². The van der Waals surface area contributed by atoms with Crippen LogP contribution in [0.2, 0.25) is 0 Å². The third-order valence-electron chi connectivity index (χ3n) is 5.48. The van der Waals surface area contributed by atoms with Crippen molar-refractivity contribution in [3.63, 3.8) is 0 Å². The molecule has 0 spiro atoms. The molecule has 6 heteroatoms. The Morgan fingerprint density at radius 3 is 2.79 bits per heavy atom. The van der Waals surface area contributed by atoms with Crippen molar-refractivity contribution in [2.45, 2.75) is 25.8 Å². The second-order valence-corrected chi connectivity index (χ2v) is 7.28. The van der Waals surface area contributed by atoms with Crippen molar-refractivity contribution < 1.29 is 4.79 Å². The summed E-state index contributed by atoms with van der Waals surface area (Å²) in [4.78, 5) is 18.9. The second-order valence-electron chi connectivity index (χ2n) is 7.28. The largest absolute Gasteiger partial charge is 0.335 e. The first-order valence-electron chi connectivity index (χ1n) is 9.59. The molecule has 0 aliphatic carbocycles. The number of amides is 1. The van der Waals surface area contributed by atoms with Crippen LogP contribution in [-0.2, 0) is 0 Å². The summed E-state index contributed by atoms with van der Waals surface area (Å²) in [7, 11) is 0. The molecule has 1 aliphatic heterocycles. The summed E-state index contributed by atoms with van der Waals surface area (Å²) in [5.74, 6) is 0.912. The topological polar surface area (TPSA) is 55.4 Å². The maximum Gasteiger partial charge on any atom is 0.274 e. The number of nitrogens with zero attached hydrogens (tertiary/aromatic N) is 5. The van der Waals surface area contributed by atoms with Crippen LogP contribution in [0, 0.1) is 0 Å². The summed E-state index contributed by atoms with van der Waals surface area (Å²) in [6, 6.07) is 14.3. The quantitative estimate of drug-likeness (QED) is 0.550. The standard InChI is InChI=1S/C22H21N5O/c1-16-4-3-12-25(16)22(28)20-10-13-27(24-20)21-9-8-19-7-6-18(15-26(19)21)17-5-2-11-23-14-17/h2,5-11,13-16H,3-4,12H2,1H3. The molecule has 140 valence electrons. The van der Waals surface area contributed by atoms with E-state index in [9.17, 15) is 4.79 Å². The molecular weight excluding hydrogens is 350 g/mol. The Hall–Kier alpha value is -3.41. The molecule has 6 nitrogen and oxygen atoms in total. The number of hydrogen-bond acceptors (Lipinski definition) is 3. The maximum atomic E-state index is 12.8. The highest BCUT2D eigenvalue weighted by atomic mass is 16.2. The zero-order valence-electron chi connectivity index (χ0n) is 15.7. The van der Waals surface area contributed by atoms with Gasteiger partial charge in [-0.2, -0.15) is 5.10 Å². The molecule has 1 atom stereocenters. The van der Waals surface area contributed by atoms with Crippen molar-refractivity contribution in [1.29, 1.82) is 0 Å². The number of likely N-dealkylation sites (tertiary alicyclic amines) is 1. The molecule has 0 saturated carbocycles. The molecule has 1 unspecified atom stereocenters. The van der Waals surface area contributed by atoms with Crippen molar-refractivity contribution in [2.24, 2.45) is 0 Å². The molecule has 0 aromatic carbocycles. The minimum Gasteiger partial charge on any atom is -0.335 e. The average Bonchev–Trinajstić information content (AvgIpc) is 3.46. The normalized spacial score (nSPS) is 16.8. The van der Waals surface area contributed by atoms with Crippen molar-refractivity contribution in [3.05, 3.63) is 72.9 Å². The molecular formula is C22H21N5O. The zero-order chi connectivity index (χ0) is 19.1. The number of pyridine rings is 2. The van der Waals surface area contributed by atoms with Crippen LogP contribution in [0.5, 0.6) is 0 Å². The second kappa shape index (κ2) is 6.64. The molecule has 1 fully saturated rings. The molecule has 4 aromatic rings. The molecule has 28 heavy (non-hydrogen) atoms. The summed E-state index contributed by atoms with van der Waals surface area (Å²) < 4.78 is 3.86. The highest BCUT2D eigenvalue weighted by molar-refractivity contribution is 5.92. The van der Waals surface area contributed by atoms with Crippen LogP contribution in [0.1, 0.15) is 30.3 Å². The van der Waals surface area contributed by atoms with Crippen LogP contribution in [0.3, 0.4) is 0 Å². The van der Waals surface area contributed by atoms with E-state index in [-0.39, 0.29) is 11.9 Å². The van der Waals surface area contributed by atoms with Gasteiger partial charge in [-0.3, -0.25) is 9.78 Å². The summed E-state index contributed by atoms with van der Waals surface area (Å²) in [5, 5.41) is 4.58. The number of rotatable bonds is 3. The molecule has 0 N–H and O–H groups in total. The minimum absolute atomic E-state index is 0.0145. The Morgan fingerprint density at radius 2 is 2.00 bits per heavy atom. The van der Waals surface area contributed by atoms with E-state index in [1.807, 2.05) is 41.6 Å². The molecule has 0 radical (unpaired) electrons. The van der Waals surface area contributed by atoms with Gasteiger partial charge >= 0.3 is 0 Å². The van der Waals surface area contributed by atoms with Crippen LogP contribution in [-0.4, -0.2) is 42.6 Å². The van der Waals surface area contributed by atoms with E-state index in [0.29, 0.717) is 5.69 Å². The van der Waals surface area contributed by atoms with Gasteiger partial charge in [-0.1, -0.05) is 12.1 Å². The van der Waals surface area contributed by atoms with Gasteiger partial charge in [0.25, 0.3) is 5.91 Å². The lowest BCUT2D eigenvalue weighted by Crippen LogP contribution is -2.33. The smallest absolute Gasteiger partial charge is 0.274 e.